The van der Waals surface area contributed by atoms with Gasteiger partial charge < -0.3 is 15.1 Å². The van der Waals surface area contributed by atoms with Crippen molar-refractivity contribution in [3.63, 3.8) is 0 Å². The molecule has 2 aliphatic rings. The minimum atomic E-state index is -0.421. The third kappa shape index (κ3) is 3.73. The Bertz CT molecular complexity index is 983. The van der Waals surface area contributed by atoms with Crippen LogP contribution >= 0.6 is 11.3 Å². The Balaban J connectivity index is 1.44. The Morgan fingerprint density at radius 3 is 2.48 bits per heavy atom. The van der Waals surface area contributed by atoms with E-state index in [4.69, 9.17) is 0 Å². The minimum absolute atomic E-state index is 0.0434. The molecule has 0 spiro atoms. The average Bonchev–Trinajstić information content (AvgIpc) is 3.43. The smallest absolute Gasteiger partial charge is 0.230 e. The number of carbonyl (C=O) groups is 2. The van der Waals surface area contributed by atoms with Crippen LogP contribution in [0.3, 0.4) is 0 Å². The second kappa shape index (κ2) is 7.88. The molecule has 6 nitrogen and oxygen atoms in total. The summed E-state index contributed by atoms with van der Waals surface area (Å²) in [6, 6.07) is 10.2. The molecular formula is C22H24N4O2S. The third-order valence-electron chi connectivity index (χ3n) is 5.86. The predicted molar refractivity (Wildman–Crippen MR) is 115 cm³/mol. The van der Waals surface area contributed by atoms with Crippen molar-refractivity contribution in [2.24, 2.45) is 5.92 Å². The Morgan fingerprint density at radius 1 is 1.17 bits per heavy atom. The van der Waals surface area contributed by atoms with Crippen LogP contribution < -0.4 is 15.1 Å². The molecule has 0 bridgehead atoms. The molecule has 1 aromatic heterocycles. The first-order chi connectivity index (χ1) is 14.0. The first kappa shape index (κ1) is 19.5. The molecule has 2 aromatic rings. The van der Waals surface area contributed by atoms with Crippen molar-refractivity contribution in [2.45, 2.75) is 33.1 Å². The maximum atomic E-state index is 12.8. The summed E-state index contributed by atoms with van der Waals surface area (Å²) in [5, 5.41) is 12.8. The molecule has 29 heavy (non-hydrogen) atoms. The molecule has 150 valence electrons. The van der Waals surface area contributed by atoms with E-state index in [0.717, 1.165) is 29.2 Å². The lowest BCUT2D eigenvalue weighted by Gasteiger charge is -2.20. The fourth-order valence-corrected chi connectivity index (χ4v) is 5.03. The van der Waals surface area contributed by atoms with E-state index in [0.29, 0.717) is 17.1 Å². The molecule has 2 aliphatic heterocycles. The average molecular weight is 409 g/mol. The molecule has 2 amide bonds. The van der Waals surface area contributed by atoms with Crippen LogP contribution in [-0.2, 0) is 9.59 Å². The maximum absolute atomic E-state index is 12.8. The van der Waals surface area contributed by atoms with Gasteiger partial charge in [0, 0.05) is 42.3 Å². The van der Waals surface area contributed by atoms with Gasteiger partial charge in [-0.05, 0) is 56.5 Å². The SMILES string of the molecule is Cc1sc(NC(=O)C2CC(=O)N(c3ccc(N4CCCC4)cc3)C2)c(C#N)c1C. The number of hydrogen-bond acceptors (Lipinski definition) is 5. The van der Waals surface area contributed by atoms with E-state index in [1.807, 2.05) is 26.0 Å². The Hall–Kier alpha value is -2.85. The zero-order chi connectivity index (χ0) is 20.5. The Kier molecular flexibility index (Phi) is 5.29. The molecule has 7 heteroatoms. The summed E-state index contributed by atoms with van der Waals surface area (Å²) in [6.07, 6.45) is 2.63. The summed E-state index contributed by atoms with van der Waals surface area (Å²) in [5.41, 5.74) is 3.42. The maximum Gasteiger partial charge on any atom is 0.230 e. The third-order valence-corrected chi connectivity index (χ3v) is 6.98. The summed E-state index contributed by atoms with van der Waals surface area (Å²) in [6.45, 7) is 6.34. The van der Waals surface area contributed by atoms with Crippen LogP contribution in [0.1, 0.15) is 35.3 Å². The zero-order valence-electron chi connectivity index (χ0n) is 16.7. The number of anilines is 3. The number of rotatable bonds is 4. The lowest BCUT2D eigenvalue weighted by molar-refractivity contribution is -0.122. The second-order valence-electron chi connectivity index (χ2n) is 7.70. The van der Waals surface area contributed by atoms with E-state index >= 15 is 0 Å². The van der Waals surface area contributed by atoms with E-state index in [-0.39, 0.29) is 18.2 Å². The number of hydrogen-bond donors (Lipinski definition) is 1. The number of nitrogens with zero attached hydrogens (tertiary/aromatic N) is 3. The predicted octanol–water partition coefficient (Wildman–Crippen LogP) is 3.83. The number of nitrogens with one attached hydrogen (secondary N) is 1. The fraction of sp³-hybridized carbons (Fsp3) is 0.409. The van der Waals surface area contributed by atoms with Gasteiger partial charge in [0.1, 0.15) is 11.1 Å². The highest BCUT2D eigenvalue weighted by atomic mass is 32.1. The van der Waals surface area contributed by atoms with Crippen molar-refractivity contribution in [3.05, 3.63) is 40.3 Å². The molecule has 1 N–H and O–H groups in total. The van der Waals surface area contributed by atoms with Gasteiger partial charge in [-0.1, -0.05) is 0 Å². The Morgan fingerprint density at radius 2 is 1.83 bits per heavy atom. The van der Waals surface area contributed by atoms with Crippen LogP contribution in [0.5, 0.6) is 0 Å². The molecular weight excluding hydrogens is 384 g/mol. The van der Waals surface area contributed by atoms with Gasteiger partial charge in [0.25, 0.3) is 0 Å². The summed E-state index contributed by atoms with van der Waals surface area (Å²) < 4.78 is 0. The summed E-state index contributed by atoms with van der Waals surface area (Å²) in [5.74, 6) is -0.666. The van der Waals surface area contributed by atoms with Crippen LogP contribution in [0.4, 0.5) is 16.4 Å². The summed E-state index contributed by atoms with van der Waals surface area (Å²) in [4.78, 5) is 30.4. The molecule has 1 atom stereocenters. The van der Waals surface area contributed by atoms with Gasteiger partial charge in [-0.2, -0.15) is 5.26 Å². The van der Waals surface area contributed by atoms with Crippen LogP contribution in [0.25, 0.3) is 0 Å². The largest absolute Gasteiger partial charge is 0.372 e. The van der Waals surface area contributed by atoms with E-state index in [1.54, 1.807) is 4.90 Å². The molecule has 4 rings (SSSR count). The number of carbonyl (C=O) groups excluding carboxylic acids is 2. The molecule has 1 unspecified atom stereocenters. The van der Waals surface area contributed by atoms with Gasteiger partial charge in [0.05, 0.1) is 11.5 Å². The van der Waals surface area contributed by atoms with Gasteiger partial charge in [-0.3, -0.25) is 9.59 Å². The standard InChI is InChI=1S/C22H24N4O2S/c1-14-15(2)29-22(19(14)12-23)24-21(28)16-11-20(27)26(13-16)18-7-5-17(6-8-18)25-9-3-4-10-25/h5-8,16H,3-4,9-11,13H2,1-2H3,(H,24,28). The fourth-order valence-electron chi connectivity index (χ4n) is 4.02. The number of amides is 2. The topological polar surface area (TPSA) is 76.4 Å². The van der Waals surface area contributed by atoms with Crippen LogP contribution in [0.2, 0.25) is 0 Å². The normalized spacial score (nSPS) is 18.9. The van der Waals surface area contributed by atoms with Crippen molar-refractivity contribution in [3.8, 4) is 6.07 Å². The van der Waals surface area contributed by atoms with Gasteiger partial charge in [-0.15, -0.1) is 11.3 Å². The van der Waals surface area contributed by atoms with Crippen molar-refractivity contribution in [2.75, 3.05) is 34.8 Å². The molecule has 0 aliphatic carbocycles. The van der Waals surface area contributed by atoms with E-state index < -0.39 is 5.92 Å². The number of benzene rings is 1. The second-order valence-corrected chi connectivity index (χ2v) is 8.93. The first-order valence-corrected chi connectivity index (χ1v) is 10.8. The monoisotopic (exact) mass is 408 g/mol. The van der Waals surface area contributed by atoms with E-state index in [2.05, 4.69) is 28.4 Å². The van der Waals surface area contributed by atoms with Crippen molar-refractivity contribution in [1.82, 2.24) is 0 Å². The van der Waals surface area contributed by atoms with E-state index in [9.17, 15) is 14.9 Å². The van der Waals surface area contributed by atoms with Gasteiger partial charge in [0.15, 0.2) is 0 Å². The van der Waals surface area contributed by atoms with Gasteiger partial charge in [-0.25, -0.2) is 0 Å². The molecule has 0 radical (unpaired) electrons. The Labute approximate surface area is 174 Å². The van der Waals surface area contributed by atoms with Gasteiger partial charge in [0.2, 0.25) is 11.8 Å². The molecule has 3 heterocycles. The first-order valence-electron chi connectivity index (χ1n) is 9.94. The summed E-state index contributed by atoms with van der Waals surface area (Å²) in [7, 11) is 0. The van der Waals surface area contributed by atoms with Gasteiger partial charge >= 0.3 is 0 Å². The molecule has 2 fully saturated rings. The zero-order valence-corrected chi connectivity index (χ0v) is 17.5. The van der Waals surface area contributed by atoms with Crippen LogP contribution in [0.15, 0.2) is 24.3 Å². The van der Waals surface area contributed by atoms with E-state index in [1.165, 1.54) is 29.9 Å². The quantitative estimate of drug-likeness (QED) is 0.834. The lowest BCUT2D eigenvalue weighted by Crippen LogP contribution is -2.28. The summed E-state index contributed by atoms with van der Waals surface area (Å²) >= 11 is 1.41. The number of aryl methyl sites for hydroxylation is 1. The van der Waals surface area contributed by atoms with Crippen LogP contribution in [-0.4, -0.2) is 31.4 Å². The number of nitriles is 1. The van der Waals surface area contributed by atoms with Crippen molar-refractivity contribution >= 4 is 39.5 Å². The minimum Gasteiger partial charge on any atom is -0.372 e. The van der Waals surface area contributed by atoms with Crippen molar-refractivity contribution < 1.29 is 9.59 Å². The molecule has 0 saturated carbocycles. The highest BCUT2D eigenvalue weighted by Crippen LogP contribution is 2.33. The highest BCUT2D eigenvalue weighted by Gasteiger charge is 2.35. The van der Waals surface area contributed by atoms with Crippen molar-refractivity contribution in [1.29, 1.82) is 5.26 Å². The lowest BCUT2D eigenvalue weighted by atomic mass is 10.1. The van der Waals surface area contributed by atoms with Crippen LogP contribution in [0, 0.1) is 31.1 Å². The highest BCUT2D eigenvalue weighted by molar-refractivity contribution is 7.16. The molecule has 2 saturated heterocycles. The molecule has 1 aromatic carbocycles. The number of thiophene rings is 1.